The standard InChI is InChI=1S/C18H16ClFN4OS/c19-14-5-3-6-15(10-14)24-12-22-23-18(24)26-11-17(25)21-9-8-13-4-1-2-7-16(13)20/h1-7,10,12H,8-9,11H2,(H,21,25). The van der Waals surface area contributed by atoms with Crippen LogP contribution in [0.3, 0.4) is 0 Å². The van der Waals surface area contributed by atoms with Gasteiger partial charge in [-0.3, -0.25) is 9.36 Å². The van der Waals surface area contributed by atoms with Crippen molar-refractivity contribution in [1.29, 1.82) is 0 Å². The summed E-state index contributed by atoms with van der Waals surface area (Å²) in [7, 11) is 0. The van der Waals surface area contributed by atoms with Gasteiger partial charge in [-0.2, -0.15) is 0 Å². The summed E-state index contributed by atoms with van der Waals surface area (Å²) >= 11 is 7.28. The summed E-state index contributed by atoms with van der Waals surface area (Å²) < 4.78 is 15.3. The maximum Gasteiger partial charge on any atom is 0.230 e. The van der Waals surface area contributed by atoms with E-state index in [-0.39, 0.29) is 17.5 Å². The molecule has 0 saturated heterocycles. The van der Waals surface area contributed by atoms with Crippen molar-refractivity contribution in [2.75, 3.05) is 12.3 Å². The number of carbonyl (C=O) groups excluding carboxylic acids is 1. The Labute approximate surface area is 159 Å². The lowest BCUT2D eigenvalue weighted by Crippen LogP contribution is -2.27. The zero-order valence-corrected chi connectivity index (χ0v) is 15.3. The van der Waals surface area contributed by atoms with Crippen LogP contribution in [-0.2, 0) is 11.2 Å². The number of nitrogens with one attached hydrogen (secondary N) is 1. The molecule has 0 fully saturated rings. The normalized spacial score (nSPS) is 10.7. The Morgan fingerprint density at radius 3 is 2.88 bits per heavy atom. The van der Waals surface area contributed by atoms with E-state index >= 15 is 0 Å². The third-order valence-electron chi connectivity index (χ3n) is 3.61. The van der Waals surface area contributed by atoms with Crippen LogP contribution in [0, 0.1) is 5.82 Å². The van der Waals surface area contributed by atoms with Gasteiger partial charge in [-0.1, -0.05) is 47.6 Å². The van der Waals surface area contributed by atoms with E-state index in [2.05, 4.69) is 15.5 Å². The summed E-state index contributed by atoms with van der Waals surface area (Å²) in [6, 6.07) is 13.8. The molecular formula is C18H16ClFN4OS. The van der Waals surface area contributed by atoms with Gasteiger partial charge < -0.3 is 5.32 Å². The van der Waals surface area contributed by atoms with Gasteiger partial charge in [-0.15, -0.1) is 10.2 Å². The number of halogens is 2. The molecule has 0 aliphatic rings. The van der Waals surface area contributed by atoms with Gasteiger partial charge in [0.25, 0.3) is 0 Å². The molecule has 3 aromatic rings. The molecule has 1 amide bonds. The lowest BCUT2D eigenvalue weighted by atomic mass is 10.1. The van der Waals surface area contributed by atoms with E-state index in [0.29, 0.717) is 28.7 Å². The van der Waals surface area contributed by atoms with E-state index in [4.69, 9.17) is 11.6 Å². The van der Waals surface area contributed by atoms with E-state index in [1.54, 1.807) is 41.2 Å². The predicted molar refractivity (Wildman–Crippen MR) is 100 cm³/mol. The van der Waals surface area contributed by atoms with Gasteiger partial charge in [0.2, 0.25) is 5.91 Å². The smallest absolute Gasteiger partial charge is 0.230 e. The Hall–Kier alpha value is -2.38. The van der Waals surface area contributed by atoms with Crippen molar-refractivity contribution < 1.29 is 9.18 Å². The monoisotopic (exact) mass is 390 g/mol. The first kappa shape index (κ1) is 18.4. The van der Waals surface area contributed by atoms with Crippen LogP contribution in [0.15, 0.2) is 60.0 Å². The van der Waals surface area contributed by atoms with E-state index in [0.717, 1.165) is 5.69 Å². The van der Waals surface area contributed by atoms with Gasteiger partial charge in [0, 0.05) is 11.6 Å². The molecule has 0 spiro atoms. The van der Waals surface area contributed by atoms with E-state index in [1.165, 1.54) is 17.8 Å². The molecule has 0 radical (unpaired) electrons. The highest BCUT2D eigenvalue weighted by Crippen LogP contribution is 2.21. The van der Waals surface area contributed by atoms with Gasteiger partial charge in [0.15, 0.2) is 5.16 Å². The Balaban J connectivity index is 1.51. The lowest BCUT2D eigenvalue weighted by molar-refractivity contribution is -0.118. The van der Waals surface area contributed by atoms with Gasteiger partial charge in [-0.25, -0.2) is 4.39 Å². The van der Waals surface area contributed by atoms with Crippen molar-refractivity contribution >= 4 is 29.3 Å². The van der Waals surface area contributed by atoms with Crippen LogP contribution in [0.5, 0.6) is 0 Å². The summed E-state index contributed by atoms with van der Waals surface area (Å²) in [6.45, 7) is 0.376. The molecule has 0 atom stereocenters. The molecule has 2 aromatic carbocycles. The second kappa shape index (κ2) is 8.82. The molecule has 8 heteroatoms. The molecule has 3 rings (SSSR count). The first-order valence-corrected chi connectivity index (χ1v) is 9.29. The molecular weight excluding hydrogens is 375 g/mol. The average Bonchev–Trinajstić information content (AvgIpc) is 3.10. The summed E-state index contributed by atoms with van der Waals surface area (Å²) in [6.07, 6.45) is 2.02. The summed E-state index contributed by atoms with van der Waals surface area (Å²) in [5.41, 5.74) is 1.41. The molecule has 0 aliphatic heterocycles. The van der Waals surface area contributed by atoms with Gasteiger partial charge in [0.1, 0.15) is 12.1 Å². The average molecular weight is 391 g/mol. The van der Waals surface area contributed by atoms with Crippen molar-refractivity contribution in [1.82, 2.24) is 20.1 Å². The Morgan fingerprint density at radius 1 is 1.23 bits per heavy atom. The van der Waals surface area contributed by atoms with Gasteiger partial charge >= 0.3 is 0 Å². The largest absolute Gasteiger partial charge is 0.355 e. The van der Waals surface area contributed by atoms with Crippen molar-refractivity contribution in [2.45, 2.75) is 11.6 Å². The molecule has 0 unspecified atom stereocenters. The molecule has 1 aromatic heterocycles. The number of thioether (sulfide) groups is 1. The minimum atomic E-state index is -0.259. The van der Waals surface area contributed by atoms with E-state index < -0.39 is 0 Å². The SMILES string of the molecule is O=C(CSc1nncn1-c1cccc(Cl)c1)NCCc1ccccc1F. The Morgan fingerprint density at radius 2 is 2.08 bits per heavy atom. The maximum atomic E-state index is 13.5. The number of amides is 1. The minimum Gasteiger partial charge on any atom is -0.355 e. The van der Waals surface area contributed by atoms with E-state index in [1.807, 2.05) is 12.1 Å². The predicted octanol–water partition coefficient (Wildman–Crippen LogP) is 3.51. The molecule has 5 nitrogen and oxygen atoms in total. The number of benzene rings is 2. The van der Waals surface area contributed by atoms with Crippen LogP contribution in [0.25, 0.3) is 5.69 Å². The summed E-state index contributed by atoms with van der Waals surface area (Å²) in [4.78, 5) is 12.0. The summed E-state index contributed by atoms with van der Waals surface area (Å²) in [5, 5.41) is 11.9. The second-order valence-corrected chi connectivity index (χ2v) is 6.82. The quantitative estimate of drug-likeness (QED) is 0.627. The maximum absolute atomic E-state index is 13.5. The third kappa shape index (κ3) is 4.83. The fourth-order valence-corrected chi connectivity index (χ4v) is 3.29. The van der Waals surface area contributed by atoms with Gasteiger partial charge in [-0.05, 0) is 36.2 Å². The van der Waals surface area contributed by atoms with Crippen LogP contribution in [0.1, 0.15) is 5.56 Å². The molecule has 134 valence electrons. The minimum absolute atomic E-state index is 0.146. The number of nitrogens with zero attached hydrogens (tertiary/aromatic N) is 3. The van der Waals surface area contributed by atoms with Crippen LogP contribution in [0.4, 0.5) is 4.39 Å². The van der Waals surface area contributed by atoms with Crippen molar-refractivity contribution in [3.8, 4) is 5.69 Å². The highest BCUT2D eigenvalue weighted by molar-refractivity contribution is 7.99. The number of hydrogen-bond acceptors (Lipinski definition) is 4. The van der Waals surface area contributed by atoms with Crippen molar-refractivity contribution in [2.24, 2.45) is 0 Å². The van der Waals surface area contributed by atoms with Gasteiger partial charge in [0.05, 0.1) is 11.4 Å². The van der Waals surface area contributed by atoms with Crippen molar-refractivity contribution in [3.63, 3.8) is 0 Å². The van der Waals surface area contributed by atoms with Crippen LogP contribution in [0.2, 0.25) is 5.02 Å². The van der Waals surface area contributed by atoms with Crippen LogP contribution in [-0.4, -0.2) is 33.0 Å². The first-order chi connectivity index (χ1) is 12.6. The molecule has 0 saturated carbocycles. The first-order valence-electron chi connectivity index (χ1n) is 7.92. The number of hydrogen-bond donors (Lipinski definition) is 1. The Kier molecular flexibility index (Phi) is 6.25. The third-order valence-corrected chi connectivity index (χ3v) is 4.79. The van der Waals surface area contributed by atoms with Crippen LogP contribution < -0.4 is 5.32 Å². The van der Waals surface area contributed by atoms with E-state index in [9.17, 15) is 9.18 Å². The zero-order chi connectivity index (χ0) is 18.4. The number of carbonyl (C=O) groups is 1. The number of rotatable bonds is 7. The fraction of sp³-hybridized carbons (Fsp3) is 0.167. The fourth-order valence-electron chi connectivity index (χ4n) is 2.34. The summed E-state index contributed by atoms with van der Waals surface area (Å²) in [5.74, 6) is -0.214. The topological polar surface area (TPSA) is 59.8 Å². The lowest BCUT2D eigenvalue weighted by Gasteiger charge is -2.08. The highest BCUT2D eigenvalue weighted by atomic mass is 35.5. The highest BCUT2D eigenvalue weighted by Gasteiger charge is 2.10. The Bertz CT molecular complexity index is 902. The molecule has 1 heterocycles. The number of aromatic nitrogens is 3. The molecule has 0 bridgehead atoms. The van der Waals surface area contributed by atoms with Crippen molar-refractivity contribution in [3.05, 3.63) is 71.3 Å². The molecule has 0 aliphatic carbocycles. The molecule has 26 heavy (non-hydrogen) atoms. The zero-order valence-electron chi connectivity index (χ0n) is 13.7. The second-order valence-electron chi connectivity index (χ2n) is 5.44. The van der Waals surface area contributed by atoms with Crippen LogP contribution >= 0.6 is 23.4 Å². The molecule has 1 N–H and O–H groups in total.